The molecule has 0 fully saturated rings. The highest BCUT2D eigenvalue weighted by atomic mass is 79.9. The van der Waals surface area contributed by atoms with E-state index in [4.69, 9.17) is 4.98 Å². The van der Waals surface area contributed by atoms with Crippen LogP contribution in [0.1, 0.15) is 47.3 Å². The van der Waals surface area contributed by atoms with Crippen molar-refractivity contribution >= 4 is 48.7 Å². The first-order valence-electron chi connectivity index (χ1n) is 6.54. The maximum absolute atomic E-state index is 11.8. The third-order valence-electron chi connectivity index (χ3n) is 3.89. The minimum absolute atomic E-state index is 0.316. The van der Waals surface area contributed by atoms with Crippen molar-refractivity contribution in [3.8, 4) is 0 Å². The molecular weight excluding hydrogens is 386 g/mol. The number of pyridine rings is 1. The molecule has 0 spiro atoms. The average Bonchev–Trinajstić information content (AvgIpc) is 2.36. The lowest BCUT2D eigenvalue weighted by Crippen LogP contribution is -2.16. The molecule has 1 aromatic carbocycles. The van der Waals surface area contributed by atoms with Gasteiger partial charge in [0.15, 0.2) is 0 Å². The molecule has 20 heavy (non-hydrogen) atoms. The molecule has 104 valence electrons. The van der Waals surface area contributed by atoms with E-state index in [0.29, 0.717) is 16.9 Å². The van der Waals surface area contributed by atoms with Gasteiger partial charge in [0, 0.05) is 20.0 Å². The Balaban J connectivity index is 2.47. The van der Waals surface area contributed by atoms with Crippen molar-refractivity contribution in [3.63, 3.8) is 0 Å². The summed E-state index contributed by atoms with van der Waals surface area (Å²) in [7, 11) is 0. The van der Waals surface area contributed by atoms with E-state index < -0.39 is 5.97 Å². The molecular formula is C15H13Br2NO2. The highest BCUT2D eigenvalue weighted by Crippen LogP contribution is 2.38. The number of carboxylic acid groups (broad SMARTS) is 1. The lowest BCUT2D eigenvalue weighted by Gasteiger charge is -2.24. The molecule has 0 saturated heterocycles. The molecule has 1 aliphatic rings. The van der Waals surface area contributed by atoms with Crippen molar-refractivity contribution in [2.45, 2.75) is 32.1 Å². The Morgan fingerprint density at radius 3 is 2.85 bits per heavy atom. The van der Waals surface area contributed by atoms with Crippen LogP contribution in [0.2, 0.25) is 0 Å². The van der Waals surface area contributed by atoms with E-state index in [2.05, 4.69) is 38.8 Å². The summed E-state index contributed by atoms with van der Waals surface area (Å²) in [5, 5.41) is 10.3. The number of benzene rings is 1. The Morgan fingerprint density at radius 1 is 1.40 bits per heavy atom. The molecule has 1 atom stereocenters. The molecule has 1 aromatic heterocycles. The van der Waals surface area contributed by atoms with Gasteiger partial charge in [0.1, 0.15) is 0 Å². The number of carbonyl (C=O) groups is 1. The molecule has 5 heteroatoms. The van der Waals surface area contributed by atoms with Crippen molar-refractivity contribution in [2.24, 2.45) is 0 Å². The van der Waals surface area contributed by atoms with E-state index >= 15 is 0 Å². The van der Waals surface area contributed by atoms with Crippen LogP contribution in [0.5, 0.6) is 0 Å². The maximum atomic E-state index is 11.8. The normalized spacial score (nSPS) is 18.1. The third kappa shape index (κ3) is 2.17. The van der Waals surface area contributed by atoms with Crippen LogP contribution in [-0.2, 0) is 6.42 Å². The van der Waals surface area contributed by atoms with Gasteiger partial charge >= 0.3 is 5.97 Å². The minimum Gasteiger partial charge on any atom is -0.478 e. The number of nitrogens with zero attached hydrogens (tertiary/aromatic N) is 1. The molecule has 3 rings (SSSR count). The van der Waals surface area contributed by atoms with Gasteiger partial charge in [0.25, 0.3) is 0 Å². The number of aromatic carboxylic acids is 1. The van der Waals surface area contributed by atoms with Crippen LogP contribution in [0.25, 0.3) is 10.9 Å². The van der Waals surface area contributed by atoms with Crippen LogP contribution in [0, 0.1) is 0 Å². The number of carboxylic acids is 1. The van der Waals surface area contributed by atoms with Gasteiger partial charge in [0.2, 0.25) is 0 Å². The largest absolute Gasteiger partial charge is 0.478 e. The number of rotatable bonds is 1. The summed E-state index contributed by atoms with van der Waals surface area (Å²) < 4.78 is 1.68. The second kappa shape index (κ2) is 5.11. The van der Waals surface area contributed by atoms with Crippen molar-refractivity contribution < 1.29 is 9.90 Å². The maximum Gasteiger partial charge on any atom is 0.336 e. The van der Waals surface area contributed by atoms with Gasteiger partial charge in [-0.3, -0.25) is 4.98 Å². The SMILES string of the molecule is CC1CCCc2c1nc1c(Br)cc(Br)cc1c2C(=O)O. The molecule has 1 aliphatic carbocycles. The van der Waals surface area contributed by atoms with Crippen molar-refractivity contribution in [3.05, 3.63) is 37.9 Å². The molecule has 0 aliphatic heterocycles. The first kappa shape index (κ1) is 14.0. The Morgan fingerprint density at radius 2 is 2.15 bits per heavy atom. The lowest BCUT2D eigenvalue weighted by atomic mass is 9.84. The third-order valence-corrected chi connectivity index (χ3v) is 4.95. The van der Waals surface area contributed by atoms with Crippen LogP contribution in [0.4, 0.5) is 0 Å². The molecule has 0 saturated carbocycles. The van der Waals surface area contributed by atoms with Crippen LogP contribution >= 0.6 is 31.9 Å². The molecule has 0 amide bonds. The van der Waals surface area contributed by atoms with E-state index in [1.807, 2.05) is 12.1 Å². The fourth-order valence-corrected chi connectivity index (χ4v) is 4.29. The van der Waals surface area contributed by atoms with Gasteiger partial charge in [-0.25, -0.2) is 4.79 Å². The number of hydrogen-bond donors (Lipinski definition) is 1. The summed E-state index contributed by atoms with van der Waals surface area (Å²) in [5.74, 6) is -0.551. The number of hydrogen-bond acceptors (Lipinski definition) is 2. The van der Waals surface area contributed by atoms with Gasteiger partial charge in [0.05, 0.1) is 11.1 Å². The minimum atomic E-state index is -0.868. The Labute approximate surface area is 133 Å². The van der Waals surface area contributed by atoms with Crippen LogP contribution in [0.15, 0.2) is 21.1 Å². The molecule has 0 bridgehead atoms. The fraction of sp³-hybridized carbons (Fsp3) is 0.333. The summed E-state index contributed by atoms with van der Waals surface area (Å²) in [4.78, 5) is 16.5. The molecule has 3 nitrogen and oxygen atoms in total. The van der Waals surface area contributed by atoms with Crippen molar-refractivity contribution in [2.75, 3.05) is 0 Å². The Hall–Kier alpha value is -0.940. The zero-order valence-corrected chi connectivity index (χ0v) is 14.1. The van der Waals surface area contributed by atoms with Crippen molar-refractivity contribution in [1.82, 2.24) is 4.98 Å². The molecule has 2 aromatic rings. The Bertz CT molecular complexity index is 728. The van der Waals surface area contributed by atoms with Gasteiger partial charge in [-0.2, -0.15) is 0 Å². The molecule has 1 unspecified atom stereocenters. The molecule has 0 radical (unpaired) electrons. The molecule has 1 N–H and O–H groups in total. The zero-order valence-electron chi connectivity index (χ0n) is 10.9. The topological polar surface area (TPSA) is 50.2 Å². The van der Waals surface area contributed by atoms with E-state index in [9.17, 15) is 9.90 Å². The molecule has 1 heterocycles. The first-order valence-corrected chi connectivity index (χ1v) is 8.12. The fourth-order valence-electron chi connectivity index (χ4n) is 2.98. The lowest BCUT2D eigenvalue weighted by molar-refractivity contribution is 0.0697. The van der Waals surface area contributed by atoms with Crippen LogP contribution < -0.4 is 0 Å². The predicted octanol–water partition coefficient (Wildman–Crippen LogP) is 4.90. The second-order valence-corrected chi connectivity index (χ2v) is 7.00. The number of halogens is 2. The first-order chi connectivity index (χ1) is 9.49. The highest BCUT2D eigenvalue weighted by Gasteiger charge is 2.26. The predicted molar refractivity (Wildman–Crippen MR) is 85.5 cm³/mol. The summed E-state index contributed by atoms with van der Waals surface area (Å²) in [5.41, 5.74) is 3.01. The van der Waals surface area contributed by atoms with Gasteiger partial charge < -0.3 is 5.11 Å². The van der Waals surface area contributed by atoms with Crippen LogP contribution in [0.3, 0.4) is 0 Å². The quantitative estimate of drug-likeness (QED) is 0.743. The Kier molecular flexibility index (Phi) is 3.58. The number of aromatic nitrogens is 1. The average molecular weight is 399 g/mol. The second-order valence-electron chi connectivity index (χ2n) is 5.23. The van der Waals surface area contributed by atoms with Gasteiger partial charge in [-0.1, -0.05) is 22.9 Å². The van der Waals surface area contributed by atoms with Gasteiger partial charge in [-0.05, 0) is 58.8 Å². The summed E-state index contributed by atoms with van der Waals surface area (Å²) in [6.45, 7) is 2.12. The standard InChI is InChI=1S/C15H13Br2NO2/c1-7-3-2-4-9-12(15(19)20)10-5-8(16)6-11(17)14(10)18-13(7)9/h5-7H,2-4H2,1H3,(H,19,20). The van der Waals surface area contributed by atoms with Gasteiger partial charge in [-0.15, -0.1) is 0 Å². The van der Waals surface area contributed by atoms with E-state index in [0.717, 1.165) is 45.0 Å². The smallest absolute Gasteiger partial charge is 0.336 e. The summed E-state index contributed by atoms with van der Waals surface area (Å²) in [6, 6.07) is 3.75. The zero-order chi connectivity index (χ0) is 14.4. The van der Waals surface area contributed by atoms with E-state index in [1.165, 1.54) is 0 Å². The van der Waals surface area contributed by atoms with E-state index in [-0.39, 0.29) is 0 Å². The summed E-state index contributed by atoms with van der Waals surface area (Å²) >= 11 is 6.92. The van der Waals surface area contributed by atoms with E-state index in [1.54, 1.807) is 0 Å². The monoisotopic (exact) mass is 397 g/mol. The van der Waals surface area contributed by atoms with Crippen molar-refractivity contribution in [1.29, 1.82) is 0 Å². The number of fused-ring (bicyclic) bond motifs is 2. The summed E-state index contributed by atoms with van der Waals surface area (Å²) in [6.07, 6.45) is 2.89. The highest BCUT2D eigenvalue weighted by molar-refractivity contribution is 9.11. The van der Waals surface area contributed by atoms with Crippen LogP contribution in [-0.4, -0.2) is 16.1 Å².